The first-order valence-electron chi connectivity index (χ1n) is 8.57. The summed E-state index contributed by atoms with van der Waals surface area (Å²) < 4.78 is 17.3. The van der Waals surface area contributed by atoms with Crippen molar-refractivity contribution in [1.82, 2.24) is 0 Å². The maximum Gasteiger partial charge on any atom is 0.142 e. The highest BCUT2D eigenvalue weighted by Gasteiger charge is 2.16. The SMILES string of the molecule is CCCCOc1ccc(OCCCC)c(N2CCOCC2)c1. The van der Waals surface area contributed by atoms with Crippen LogP contribution in [0.3, 0.4) is 0 Å². The van der Waals surface area contributed by atoms with Gasteiger partial charge >= 0.3 is 0 Å². The second-order valence-corrected chi connectivity index (χ2v) is 5.63. The molecule has 0 saturated carbocycles. The molecule has 1 saturated heterocycles. The van der Waals surface area contributed by atoms with Crippen LogP contribution in [0.4, 0.5) is 5.69 Å². The Bertz CT molecular complexity index is 430. The lowest BCUT2D eigenvalue weighted by Gasteiger charge is -2.30. The first-order chi connectivity index (χ1) is 10.8. The molecule has 0 aliphatic carbocycles. The van der Waals surface area contributed by atoms with E-state index in [0.717, 1.165) is 82.4 Å². The second kappa shape index (κ2) is 9.57. The molecule has 0 aromatic heterocycles. The van der Waals surface area contributed by atoms with Gasteiger partial charge in [0.25, 0.3) is 0 Å². The summed E-state index contributed by atoms with van der Waals surface area (Å²) in [5, 5.41) is 0. The summed E-state index contributed by atoms with van der Waals surface area (Å²) in [5.74, 6) is 1.89. The van der Waals surface area contributed by atoms with Gasteiger partial charge in [-0.15, -0.1) is 0 Å². The molecule has 1 aliphatic heterocycles. The molecule has 1 aromatic rings. The van der Waals surface area contributed by atoms with E-state index in [-0.39, 0.29) is 0 Å². The Morgan fingerprint density at radius 3 is 2.36 bits per heavy atom. The predicted octanol–water partition coefficient (Wildman–Crippen LogP) is 3.88. The third kappa shape index (κ3) is 5.09. The van der Waals surface area contributed by atoms with Crippen LogP contribution in [0.2, 0.25) is 0 Å². The van der Waals surface area contributed by atoms with Crippen molar-refractivity contribution in [3.8, 4) is 11.5 Å². The second-order valence-electron chi connectivity index (χ2n) is 5.63. The van der Waals surface area contributed by atoms with Gasteiger partial charge in [-0.05, 0) is 25.0 Å². The van der Waals surface area contributed by atoms with Crippen molar-refractivity contribution in [3.63, 3.8) is 0 Å². The van der Waals surface area contributed by atoms with Gasteiger partial charge < -0.3 is 19.1 Å². The molecule has 2 rings (SSSR count). The van der Waals surface area contributed by atoms with E-state index in [4.69, 9.17) is 14.2 Å². The number of rotatable bonds is 9. The molecule has 0 amide bonds. The molecule has 124 valence electrons. The van der Waals surface area contributed by atoms with Gasteiger partial charge in [0.15, 0.2) is 0 Å². The van der Waals surface area contributed by atoms with Crippen molar-refractivity contribution in [2.45, 2.75) is 39.5 Å². The summed E-state index contributed by atoms with van der Waals surface area (Å²) in [7, 11) is 0. The van der Waals surface area contributed by atoms with Gasteiger partial charge in [-0.2, -0.15) is 0 Å². The first-order valence-corrected chi connectivity index (χ1v) is 8.57. The van der Waals surface area contributed by atoms with E-state index in [0.29, 0.717) is 0 Å². The summed E-state index contributed by atoms with van der Waals surface area (Å²) >= 11 is 0. The lowest BCUT2D eigenvalue weighted by atomic mass is 10.2. The van der Waals surface area contributed by atoms with Gasteiger partial charge in [-0.1, -0.05) is 26.7 Å². The van der Waals surface area contributed by atoms with E-state index in [2.05, 4.69) is 24.8 Å². The summed E-state index contributed by atoms with van der Waals surface area (Å²) in [6.07, 6.45) is 4.46. The zero-order chi connectivity index (χ0) is 15.6. The molecular formula is C18H29NO3. The van der Waals surface area contributed by atoms with E-state index in [1.165, 1.54) is 0 Å². The molecule has 1 aromatic carbocycles. The van der Waals surface area contributed by atoms with Crippen molar-refractivity contribution in [2.75, 3.05) is 44.4 Å². The van der Waals surface area contributed by atoms with Crippen LogP contribution in [0.15, 0.2) is 18.2 Å². The maximum atomic E-state index is 5.97. The van der Waals surface area contributed by atoms with Gasteiger partial charge in [0, 0.05) is 19.2 Å². The molecule has 1 aliphatic rings. The maximum absolute atomic E-state index is 5.97. The fourth-order valence-electron chi connectivity index (χ4n) is 2.42. The standard InChI is InChI=1S/C18H29NO3/c1-3-5-11-21-16-7-8-18(22-12-6-4-2)17(15-16)19-9-13-20-14-10-19/h7-8,15H,3-6,9-14H2,1-2H3. The van der Waals surface area contributed by atoms with E-state index >= 15 is 0 Å². The molecular weight excluding hydrogens is 278 g/mol. The predicted molar refractivity (Wildman–Crippen MR) is 90.3 cm³/mol. The molecule has 22 heavy (non-hydrogen) atoms. The Kier molecular flexibility index (Phi) is 7.37. The molecule has 1 heterocycles. The van der Waals surface area contributed by atoms with Crippen LogP contribution < -0.4 is 14.4 Å². The number of nitrogens with zero attached hydrogens (tertiary/aromatic N) is 1. The summed E-state index contributed by atoms with van der Waals surface area (Å²) in [6.45, 7) is 9.25. The monoisotopic (exact) mass is 307 g/mol. The zero-order valence-electron chi connectivity index (χ0n) is 14.0. The topological polar surface area (TPSA) is 30.9 Å². The molecule has 0 N–H and O–H groups in total. The Morgan fingerprint density at radius 2 is 1.68 bits per heavy atom. The lowest BCUT2D eigenvalue weighted by molar-refractivity contribution is 0.122. The normalized spacial score (nSPS) is 14.9. The minimum atomic E-state index is 0.768. The van der Waals surface area contributed by atoms with E-state index in [9.17, 15) is 0 Å². The third-order valence-corrected chi connectivity index (χ3v) is 3.80. The van der Waals surface area contributed by atoms with Crippen molar-refractivity contribution < 1.29 is 14.2 Å². The molecule has 0 atom stereocenters. The van der Waals surface area contributed by atoms with Crippen LogP contribution in [-0.4, -0.2) is 39.5 Å². The van der Waals surface area contributed by atoms with Crippen LogP contribution in [0.1, 0.15) is 39.5 Å². The minimum absolute atomic E-state index is 0.768. The number of morpholine rings is 1. The third-order valence-electron chi connectivity index (χ3n) is 3.80. The number of benzene rings is 1. The van der Waals surface area contributed by atoms with Gasteiger partial charge in [0.05, 0.1) is 32.1 Å². The van der Waals surface area contributed by atoms with E-state index < -0.39 is 0 Å². The molecule has 1 fully saturated rings. The highest BCUT2D eigenvalue weighted by Crippen LogP contribution is 2.33. The Labute approximate surface area is 134 Å². The Hall–Kier alpha value is -1.42. The quantitative estimate of drug-likeness (QED) is 0.648. The van der Waals surface area contributed by atoms with Crippen molar-refractivity contribution >= 4 is 5.69 Å². The molecule has 0 bridgehead atoms. The van der Waals surface area contributed by atoms with Crippen molar-refractivity contribution in [1.29, 1.82) is 0 Å². The summed E-state index contributed by atoms with van der Waals surface area (Å²) in [4.78, 5) is 2.33. The highest BCUT2D eigenvalue weighted by atomic mass is 16.5. The zero-order valence-corrected chi connectivity index (χ0v) is 14.0. The van der Waals surface area contributed by atoms with E-state index in [1.54, 1.807) is 0 Å². The van der Waals surface area contributed by atoms with Crippen LogP contribution in [0, 0.1) is 0 Å². The number of anilines is 1. The summed E-state index contributed by atoms with van der Waals surface area (Å²) in [5.41, 5.74) is 1.13. The number of unbranched alkanes of at least 4 members (excludes halogenated alkanes) is 2. The fraction of sp³-hybridized carbons (Fsp3) is 0.667. The number of ether oxygens (including phenoxy) is 3. The van der Waals surface area contributed by atoms with Gasteiger partial charge in [0.1, 0.15) is 11.5 Å². The molecule has 4 nitrogen and oxygen atoms in total. The molecule has 0 spiro atoms. The molecule has 0 radical (unpaired) electrons. The average molecular weight is 307 g/mol. The fourth-order valence-corrected chi connectivity index (χ4v) is 2.42. The van der Waals surface area contributed by atoms with Gasteiger partial charge in [-0.25, -0.2) is 0 Å². The smallest absolute Gasteiger partial charge is 0.142 e. The average Bonchev–Trinajstić information content (AvgIpc) is 2.57. The van der Waals surface area contributed by atoms with Crippen LogP contribution >= 0.6 is 0 Å². The minimum Gasteiger partial charge on any atom is -0.494 e. The van der Waals surface area contributed by atoms with Crippen molar-refractivity contribution in [2.24, 2.45) is 0 Å². The number of hydrogen-bond acceptors (Lipinski definition) is 4. The van der Waals surface area contributed by atoms with Crippen LogP contribution in [-0.2, 0) is 4.74 Å². The largest absolute Gasteiger partial charge is 0.494 e. The van der Waals surface area contributed by atoms with Crippen molar-refractivity contribution in [3.05, 3.63) is 18.2 Å². The van der Waals surface area contributed by atoms with Crippen LogP contribution in [0.25, 0.3) is 0 Å². The molecule has 0 unspecified atom stereocenters. The molecule has 4 heteroatoms. The van der Waals surface area contributed by atoms with E-state index in [1.807, 2.05) is 12.1 Å². The highest BCUT2D eigenvalue weighted by molar-refractivity contribution is 5.62. The Morgan fingerprint density at radius 1 is 1.00 bits per heavy atom. The Balaban J connectivity index is 2.09. The van der Waals surface area contributed by atoms with Crippen LogP contribution in [0.5, 0.6) is 11.5 Å². The number of hydrogen-bond donors (Lipinski definition) is 0. The lowest BCUT2D eigenvalue weighted by Crippen LogP contribution is -2.36. The van der Waals surface area contributed by atoms with Gasteiger partial charge in [0.2, 0.25) is 0 Å². The first kappa shape index (κ1) is 16.9. The van der Waals surface area contributed by atoms with Gasteiger partial charge in [-0.3, -0.25) is 0 Å². The summed E-state index contributed by atoms with van der Waals surface area (Å²) in [6, 6.07) is 6.17.